The number of allylic oxidation sites excluding steroid dienone is 1. The Labute approximate surface area is 437 Å². The number of carbonyl (C=O) groups is 1. The standard InChI is InChI=1S/C54H80N2O19/c1-25-13-18-54(68-24-25)26(2)38-36(75-54)22-35-33-12-9-30-21-32(14-16-52(30,5)34(33)15-17-53(35,38)6)71-51-47(74-49-42(61)40(59)39(58)27(3)69-49)44(63)46(37(23-57)72-51)73-50-43(62)41(60)45(28(4)70-50)67-20-19-55-48(64)29-7-10-31(11-8-29)56(65)66/h7-11,25-28,32-47,49-51,57-63H,12-24H2,1-6H3,(H,55,64)/t25-,26-,27+,28+,32-,33+,34-,35?,36-,37+,38-,39+,40-,41+,42-,43-,44-,45+,46+,47+,49+,50+,51+,52-,53-,54+/m0/s1. The summed E-state index contributed by atoms with van der Waals surface area (Å²) in [5.74, 6) is 1.96. The SMILES string of the molecule is C[C@H]1CC[C@@]2(OC1)O[C@H]1CC3[C@@H]4CC=C5C[C@@H](O[C@@H]6O[C@H](CO)[C@@H](O[C@H]7O[C@H](C)[C@@H](OCCNC(=O)c8ccc([N+](=O)[O-])cc8)[C@H](O)[C@@H]7O)[C@H](O)[C@H]6O[C@H]6O[C@H](C)[C@@H](O)[C@H](O)[C@@H]6O)CC[C@]5(C)[C@H]4CC[C@]3(C)[C@H]1[C@@H]2C. The monoisotopic (exact) mass is 1060 g/mol. The van der Waals surface area contributed by atoms with Crippen molar-refractivity contribution in [3.8, 4) is 0 Å². The van der Waals surface area contributed by atoms with Crippen LogP contribution in [0.15, 0.2) is 35.9 Å². The number of nitro benzene ring substituents is 1. The summed E-state index contributed by atoms with van der Waals surface area (Å²) in [5, 5.41) is 91.6. The number of rotatable bonds is 13. The Kier molecular flexibility index (Phi) is 16.0. The molecule has 0 bridgehead atoms. The number of carbonyl (C=O) groups excluding carboxylic acids is 1. The second-order valence-corrected chi connectivity index (χ2v) is 24.0. The molecular formula is C54H80N2O19. The minimum absolute atomic E-state index is 0.0177. The maximum Gasteiger partial charge on any atom is 0.269 e. The van der Waals surface area contributed by atoms with E-state index in [2.05, 4.69) is 39.1 Å². The number of ether oxygens (including phenoxy) is 9. The Morgan fingerprint density at radius 1 is 0.787 bits per heavy atom. The van der Waals surface area contributed by atoms with Crippen molar-refractivity contribution in [1.29, 1.82) is 0 Å². The Balaban J connectivity index is 0.798. The van der Waals surface area contributed by atoms with Crippen molar-refractivity contribution < 1.29 is 88.1 Å². The van der Waals surface area contributed by atoms with Crippen LogP contribution in [0.25, 0.3) is 0 Å². The predicted molar refractivity (Wildman–Crippen MR) is 262 cm³/mol. The molecule has 26 atom stereocenters. The number of aliphatic hydroxyl groups is 7. The van der Waals surface area contributed by atoms with E-state index in [0.717, 1.165) is 51.6 Å². The highest BCUT2D eigenvalue weighted by molar-refractivity contribution is 5.94. The molecule has 9 aliphatic rings. The number of benzene rings is 1. The summed E-state index contributed by atoms with van der Waals surface area (Å²) in [6, 6.07) is 5.06. The van der Waals surface area contributed by atoms with Crippen LogP contribution < -0.4 is 5.32 Å². The fourth-order valence-electron chi connectivity index (χ4n) is 15.4. The number of hydrogen-bond donors (Lipinski definition) is 8. The van der Waals surface area contributed by atoms with Crippen molar-refractivity contribution in [3.63, 3.8) is 0 Å². The van der Waals surface area contributed by atoms with E-state index in [1.165, 1.54) is 36.8 Å². The molecule has 1 aromatic rings. The first kappa shape index (κ1) is 55.5. The highest BCUT2D eigenvalue weighted by atomic mass is 16.8. The lowest BCUT2D eigenvalue weighted by molar-refractivity contribution is -0.389. The van der Waals surface area contributed by atoms with Crippen LogP contribution >= 0.6 is 0 Å². The van der Waals surface area contributed by atoms with Gasteiger partial charge in [-0.15, -0.1) is 0 Å². The Hall–Kier alpha value is -2.81. The summed E-state index contributed by atoms with van der Waals surface area (Å²) in [4.78, 5) is 23.0. The third-order valence-corrected chi connectivity index (χ3v) is 19.7. The van der Waals surface area contributed by atoms with Crippen LogP contribution in [0.4, 0.5) is 5.69 Å². The van der Waals surface area contributed by atoms with Gasteiger partial charge in [0.2, 0.25) is 0 Å². The number of hydrogen-bond acceptors (Lipinski definition) is 19. The molecule has 10 rings (SSSR count). The van der Waals surface area contributed by atoms with E-state index in [1.54, 1.807) is 6.92 Å². The van der Waals surface area contributed by atoms with E-state index in [-0.39, 0.29) is 41.3 Å². The van der Waals surface area contributed by atoms with Gasteiger partial charge in [0.25, 0.3) is 11.6 Å². The Morgan fingerprint density at radius 3 is 2.19 bits per heavy atom. The van der Waals surface area contributed by atoms with Crippen molar-refractivity contribution in [1.82, 2.24) is 5.32 Å². The normalized spacial score (nSPS) is 49.5. The van der Waals surface area contributed by atoms with E-state index in [1.807, 2.05) is 0 Å². The molecule has 0 aromatic heterocycles. The smallest absolute Gasteiger partial charge is 0.269 e. The average molecular weight is 1060 g/mol. The van der Waals surface area contributed by atoms with Crippen molar-refractivity contribution in [2.45, 2.75) is 209 Å². The first-order valence-electron chi connectivity index (χ1n) is 27.5. The van der Waals surface area contributed by atoms with Crippen LogP contribution in [0.1, 0.15) is 110 Å². The minimum Gasteiger partial charge on any atom is -0.394 e. The molecule has 21 heteroatoms. The third-order valence-electron chi connectivity index (χ3n) is 19.7. The van der Waals surface area contributed by atoms with Crippen LogP contribution in [0, 0.1) is 56.5 Å². The lowest BCUT2D eigenvalue weighted by atomic mass is 9.47. The molecule has 1 spiro atoms. The van der Waals surface area contributed by atoms with Gasteiger partial charge in [0.1, 0.15) is 61.0 Å². The first-order chi connectivity index (χ1) is 35.7. The molecule has 1 amide bonds. The highest BCUT2D eigenvalue weighted by Crippen LogP contribution is 2.71. The first-order valence-corrected chi connectivity index (χ1v) is 27.5. The summed E-state index contributed by atoms with van der Waals surface area (Å²) in [6.07, 6.45) is -11.0. The fourth-order valence-corrected chi connectivity index (χ4v) is 15.4. The number of non-ortho nitro benzene ring substituents is 1. The van der Waals surface area contributed by atoms with Crippen molar-refractivity contribution in [3.05, 3.63) is 51.6 Å². The van der Waals surface area contributed by atoms with Gasteiger partial charge in [0.05, 0.1) is 49.2 Å². The molecule has 5 heterocycles. The van der Waals surface area contributed by atoms with Crippen LogP contribution in [-0.4, -0.2) is 183 Å². The average Bonchev–Trinajstić information content (AvgIpc) is 3.86. The molecule has 420 valence electrons. The summed E-state index contributed by atoms with van der Waals surface area (Å²) in [5.41, 5.74) is 1.47. The minimum atomic E-state index is -1.75. The maximum absolute atomic E-state index is 12.6. The number of nitrogens with one attached hydrogen (secondary N) is 1. The molecule has 8 fully saturated rings. The van der Waals surface area contributed by atoms with Crippen LogP contribution in [0.3, 0.4) is 0 Å². The van der Waals surface area contributed by atoms with Crippen LogP contribution in [0.5, 0.6) is 0 Å². The molecule has 4 aliphatic carbocycles. The maximum atomic E-state index is 12.6. The van der Waals surface area contributed by atoms with Crippen LogP contribution in [0.2, 0.25) is 0 Å². The number of nitrogens with zero attached hydrogens (tertiary/aromatic N) is 1. The summed E-state index contributed by atoms with van der Waals surface area (Å²) in [7, 11) is 0. The topological polar surface area (TPSA) is 297 Å². The van der Waals surface area contributed by atoms with E-state index >= 15 is 0 Å². The second-order valence-electron chi connectivity index (χ2n) is 24.0. The number of fused-ring (bicyclic) bond motifs is 7. The van der Waals surface area contributed by atoms with E-state index < -0.39 is 121 Å². The number of amides is 1. The molecule has 21 nitrogen and oxygen atoms in total. The zero-order valence-electron chi connectivity index (χ0n) is 43.8. The Bertz CT molecular complexity index is 2220. The summed E-state index contributed by atoms with van der Waals surface area (Å²) in [6.45, 7) is 12.6. The van der Waals surface area contributed by atoms with Crippen molar-refractivity contribution in [2.24, 2.45) is 46.3 Å². The van der Waals surface area contributed by atoms with E-state index in [0.29, 0.717) is 48.3 Å². The molecule has 75 heavy (non-hydrogen) atoms. The summed E-state index contributed by atoms with van der Waals surface area (Å²) < 4.78 is 56.8. The predicted octanol–water partition coefficient (Wildman–Crippen LogP) is 2.60. The molecule has 8 N–H and O–H groups in total. The lowest BCUT2D eigenvalue weighted by Gasteiger charge is -2.58. The molecule has 1 unspecified atom stereocenters. The van der Waals surface area contributed by atoms with Gasteiger partial charge in [-0.25, -0.2) is 0 Å². The van der Waals surface area contributed by atoms with Gasteiger partial charge in [0.15, 0.2) is 24.7 Å². The Morgan fingerprint density at radius 2 is 1.49 bits per heavy atom. The largest absolute Gasteiger partial charge is 0.394 e. The van der Waals surface area contributed by atoms with Gasteiger partial charge in [0, 0.05) is 36.6 Å². The molecule has 0 radical (unpaired) electrons. The third kappa shape index (κ3) is 10.0. The van der Waals surface area contributed by atoms with Gasteiger partial charge in [-0.2, -0.15) is 0 Å². The van der Waals surface area contributed by atoms with Gasteiger partial charge in [-0.3, -0.25) is 14.9 Å². The number of nitro groups is 1. The molecule has 3 saturated carbocycles. The number of aliphatic hydroxyl groups excluding tert-OH is 7. The van der Waals surface area contributed by atoms with Gasteiger partial charge in [-0.1, -0.05) is 39.3 Å². The molecule has 5 saturated heterocycles. The van der Waals surface area contributed by atoms with Crippen LogP contribution in [-0.2, 0) is 42.6 Å². The van der Waals surface area contributed by atoms with Crippen molar-refractivity contribution >= 4 is 11.6 Å². The molecular weight excluding hydrogens is 981 g/mol. The van der Waals surface area contributed by atoms with E-state index in [4.69, 9.17) is 42.6 Å². The molecule has 1 aromatic carbocycles. The lowest BCUT2D eigenvalue weighted by Crippen LogP contribution is -2.66. The van der Waals surface area contributed by atoms with Gasteiger partial charge < -0.3 is 83.7 Å². The quantitative estimate of drug-likeness (QED) is 0.0610. The van der Waals surface area contributed by atoms with E-state index in [9.17, 15) is 50.7 Å². The van der Waals surface area contributed by atoms with Crippen molar-refractivity contribution in [2.75, 3.05) is 26.4 Å². The second kappa shape index (κ2) is 21.7. The van der Waals surface area contributed by atoms with Gasteiger partial charge in [-0.05, 0) is 118 Å². The zero-order valence-corrected chi connectivity index (χ0v) is 43.8. The fraction of sp³-hybridized carbons (Fsp3) is 0.833. The molecule has 5 aliphatic heterocycles. The highest BCUT2D eigenvalue weighted by Gasteiger charge is 2.69. The van der Waals surface area contributed by atoms with Gasteiger partial charge >= 0.3 is 0 Å². The zero-order chi connectivity index (χ0) is 53.5. The summed E-state index contributed by atoms with van der Waals surface area (Å²) >= 11 is 0.